The molecule has 0 amide bonds. The largest absolute Gasteiger partial charge is 0.743 e. The number of rotatable bonds is 39. The van der Waals surface area contributed by atoms with E-state index in [9.17, 15) is 223 Å². The fourth-order valence-corrected chi connectivity index (χ4v) is 13.0. The molecule has 0 heterocycles. The molecule has 0 bridgehead atoms. The number of carboxylic acids is 1. The van der Waals surface area contributed by atoms with Gasteiger partial charge in [0, 0.05) is 0 Å². The van der Waals surface area contributed by atoms with Gasteiger partial charge in [0.2, 0.25) is 0 Å². The zero-order chi connectivity index (χ0) is 108. The molecule has 814 valence electrons. The van der Waals surface area contributed by atoms with E-state index in [1.54, 1.807) is 0 Å². The number of carbonyl (C=O) groups is 10. The van der Waals surface area contributed by atoms with Gasteiger partial charge in [-0.25, -0.2) is 66.1 Å². The summed E-state index contributed by atoms with van der Waals surface area (Å²) in [6.45, 7) is -10.1. The third-order valence-corrected chi connectivity index (χ3v) is 23.7. The number of ether oxygens (including phenoxy) is 14. The average molecular weight is 2190 g/mol. The molecule has 0 spiro atoms. The molecule has 40 nitrogen and oxygen atoms in total. The van der Waals surface area contributed by atoms with Gasteiger partial charge < -0.3 is 94.2 Å². The van der Waals surface area contributed by atoms with Crippen LogP contribution in [0.5, 0.6) is 0 Å². The minimum atomic E-state index is -6.45. The normalized spacial score (nSPS) is 19.1. The topological polar surface area (TPSA) is 606 Å². The SMILES string of the molecule is CC(C)OC(=O)C(OCC(F)(F)S(=O)(=O)[O-])(OC(=O)C1CCCCC1)C(F)(F)F.CCCOC(=O)C(OCC(F)(F)S(=O)(=O)[O-])(OC(=O)C1CCCCC1)C(F)(F)F.CCOC(=O)C(OCC(F)(F)S(=O)(=O)[O-])(OC(=O)C1CCCCC1)C(F)(F)F.COC(=O)C(OCC(F)(F)S(=O)(=O)[O-])(OC(=O)C1CCCCC1)C(F)(F)F.O=C(OC(OCC(F)(F)S(=O)(=O)[O-])(C(=O)O)C(F)(F)F)C1CCCCC1. The molecule has 0 aromatic carbocycles. The minimum absolute atomic E-state index is 0.0291. The highest BCUT2D eigenvalue weighted by Crippen LogP contribution is 2.47. The third-order valence-electron chi connectivity index (χ3n) is 19.4. The number of aliphatic carboxylic acids is 1. The maximum absolute atomic E-state index is 13.7. The molecule has 5 atom stereocenters. The van der Waals surface area contributed by atoms with Crippen molar-refractivity contribution in [2.75, 3.05) is 53.4 Å². The second-order valence-corrected chi connectivity index (χ2v) is 37.9. The zero-order valence-corrected chi connectivity index (χ0v) is 76.2. The summed E-state index contributed by atoms with van der Waals surface area (Å²) in [5, 5.41) is -17.9. The molecule has 139 heavy (non-hydrogen) atoms. The van der Waals surface area contributed by atoms with Gasteiger partial charge in [0.05, 0.1) is 56.0 Å². The van der Waals surface area contributed by atoms with E-state index < -0.39 is 278 Å². The Morgan fingerprint density at radius 2 is 0.475 bits per heavy atom. The quantitative estimate of drug-likeness (QED) is 0.0196. The van der Waals surface area contributed by atoms with E-state index in [1.807, 2.05) is 0 Å². The van der Waals surface area contributed by atoms with Crippen LogP contribution in [0.3, 0.4) is 0 Å². The number of methoxy groups -OCH3 is 1. The average Bonchev–Trinajstić information content (AvgIpc) is 0.798. The van der Waals surface area contributed by atoms with Crippen molar-refractivity contribution in [1.29, 1.82) is 0 Å². The Morgan fingerprint density at radius 1 is 0.295 bits per heavy atom. The summed E-state index contributed by atoms with van der Waals surface area (Å²) in [4.78, 5) is 119. The fourth-order valence-electron chi connectivity index (χ4n) is 12.0. The lowest BCUT2D eigenvalue weighted by Gasteiger charge is -2.35. The van der Waals surface area contributed by atoms with Crippen LogP contribution >= 0.6 is 0 Å². The van der Waals surface area contributed by atoms with Crippen LogP contribution in [0.15, 0.2) is 0 Å². The number of alkyl halides is 25. The van der Waals surface area contributed by atoms with Crippen molar-refractivity contribution in [3.63, 3.8) is 0 Å². The van der Waals surface area contributed by atoms with E-state index >= 15 is 0 Å². The van der Waals surface area contributed by atoms with Gasteiger partial charge in [0.25, 0.3) is 0 Å². The summed E-state index contributed by atoms with van der Waals surface area (Å²) in [6.07, 6.45) is -21.2. The molecular weight excluding hydrogens is 2100 g/mol. The third kappa shape index (κ3) is 35.6. The first-order valence-electron chi connectivity index (χ1n) is 39.9. The number of carboxylic acid groups (broad SMARTS) is 1. The summed E-state index contributed by atoms with van der Waals surface area (Å²) < 4.78 is 548. The van der Waals surface area contributed by atoms with Gasteiger partial charge in [0.15, 0.2) is 50.6 Å². The van der Waals surface area contributed by atoms with Crippen LogP contribution in [0.25, 0.3) is 0 Å². The van der Waals surface area contributed by atoms with Crippen LogP contribution < -0.4 is 0 Å². The van der Waals surface area contributed by atoms with Gasteiger partial charge in [-0.1, -0.05) is 103 Å². The monoisotopic (exact) mass is 2190 g/mol. The lowest BCUT2D eigenvalue weighted by Crippen LogP contribution is -2.60. The molecule has 0 radical (unpaired) electrons. The Labute approximate surface area is 771 Å². The van der Waals surface area contributed by atoms with Crippen molar-refractivity contribution >= 4 is 110 Å². The van der Waals surface area contributed by atoms with E-state index in [1.165, 1.54) is 6.92 Å². The summed E-state index contributed by atoms with van der Waals surface area (Å²) in [6, 6.07) is 0. The summed E-state index contributed by atoms with van der Waals surface area (Å²) in [5.74, 6) is -49.2. The lowest BCUT2D eigenvalue weighted by atomic mass is 9.89. The molecule has 5 saturated carbocycles. The molecule has 5 aliphatic carbocycles. The second-order valence-electron chi connectivity index (χ2n) is 30.4. The Bertz CT molecular complexity index is 4700. The molecule has 0 saturated heterocycles. The van der Waals surface area contributed by atoms with E-state index in [4.69, 9.17) is 5.11 Å². The van der Waals surface area contributed by atoms with E-state index in [-0.39, 0.29) is 70.6 Å². The van der Waals surface area contributed by atoms with Crippen LogP contribution in [0, 0.1) is 29.6 Å². The van der Waals surface area contributed by atoms with Crippen molar-refractivity contribution in [1.82, 2.24) is 0 Å². The van der Waals surface area contributed by atoms with Gasteiger partial charge in [-0.3, -0.25) is 24.0 Å². The van der Waals surface area contributed by atoms with Gasteiger partial charge in [-0.2, -0.15) is 110 Å². The predicted molar refractivity (Wildman–Crippen MR) is 389 cm³/mol. The summed E-state index contributed by atoms with van der Waals surface area (Å²) in [5.41, 5.74) is 0. The zero-order valence-electron chi connectivity index (χ0n) is 72.2. The number of hydrogen-bond donors (Lipinski definition) is 1. The van der Waals surface area contributed by atoms with Crippen LogP contribution in [-0.4, -0.2) is 275 Å². The van der Waals surface area contributed by atoms with Gasteiger partial charge in [-0.05, 0) is 91.4 Å². The smallest absolute Gasteiger partial charge is 0.468 e. The van der Waals surface area contributed by atoms with Crippen LogP contribution in [-0.2, 0) is 165 Å². The number of carbonyl (C=O) groups excluding carboxylic acids is 9. The highest BCUT2D eigenvalue weighted by atomic mass is 32.2. The maximum Gasteiger partial charge on any atom is 0.468 e. The predicted octanol–water partition coefficient (Wildman–Crippen LogP) is 10.3. The number of halogens is 25. The standard InChI is InChI=1S/2C15H21F5O8S.C14H19F5O8S.C13H17F5O8S.C12H15F5O8S/c1-9(2)27-12(22)14(15(18,19)20,26-8-13(16,17)29(23,24)25)28-11(21)10-6-4-3-5-7-10;1-2-8-26-12(22)14(15(18,19)20,27-9-13(16,17)29(23,24)25)28-11(21)10-6-4-3-5-7-10;1-2-25-11(21)13(14(17,18)19,26-8-12(15,16)28(22,23)24)27-10(20)9-6-4-3-5-7-9;1-24-10(20)12(13(16,17)18,25-7-11(14,15)27(21,22)23)26-9(19)8-5-3-2-4-6-8;13-10(14,26(21,22)23)6-24-11(9(19)20,12(15,16)17)25-8(18)7-4-2-1-3-5-7/h9-10H,3-8H2,1-2H3,(H,23,24,25);10H,2-9H2,1H3,(H,23,24,25);9H,2-8H2,1H3,(H,22,23,24);8H,2-7H2,1H3,(H,21,22,23);7H,1-6H2,(H,19,20)(H,21,22,23)/p-5. The first kappa shape index (κ1) is 129. The molecular formula is C69H88F25O40S5-5. The first-order chi connectivity index (χ1) is 62.7. The number of hydrogen-bond acceptors (Lipinski definition) is 39. The lowest BCUT2D eigenvalue weighted by molar-refractivity contribution is -0.363. The minimum Gasteiger partial charge on any atom is -0.743 e. The van der Waals surface area contributed by atoms with Crippen molar-refractivity contribution in [3.05, 3.63) is 0 Å². The molecule has 5 unspecified atom stereocenters. The van der Waals surface area contributed by atoms with Gasteiger partial charge >= 0.3 is 146 Å². The number of esters is 9. The molecule has 5 aliphatic rings. The molecule has 5 rings (SSSR count). The second kappa shape index (κ2) is 50.7. The first-order valence-corrected chi connectivity index (χ1v) is 47.0. The van der Waals surface area contributed by atoms with E-state index in [0.717, 1.165) is 40.0 Å². The van der Waals surface area contributed by atoms with Crippen molar-refractivity contribution < 1.29 is 294 Å². The van der Waals surface area contributed by atoms with Crippen LogP contribution in [0.1, 0.15) is 195 Å². The molecule has 70 heteroatoms. The van der Waals surface area contributed by atoms with Crippen LogP contribution in [0.2, 0.25) is 0 Å². The summed E-state index contributed by atoms with van der Waals surface area (Å²) in [7, 11) is -31.7. The van der Waals surface area contributed by atoms with E-state index in [2.05, 4.69) is 66.3 Å². The van der Waals surface area contributed by atoms with E-state index in [0.29, 0.717) is 84.2 Å². The van der Waals surface area contributed by atoms with Gasteiger partial charge in [0.1, 0.15) is 33.0 Å². The van der Waals surface area contributed by atoms with Crippen LogP contribution in [0.4, 0.5) is 110 Å². The van der Waals surface area contributed by atoms with Crippen molar-refractivity contribution in [2.45, 2.75) is 287 Å². The maximum atomic E-state index is 13.7. The van der Waals surface area contributed by atoms with Gasteiger partial charge in [-0.15, -0.1) is 0 Å². The molecule has 0 aromatic heterocycles. The summed E-state index contributed by atoms with van der Waals surface area (Å²) >= 11 is 0. The Kier molecular flexibility index (Phi) is 47.2. The fraction of sp³-hybridized carbons (Fsp3) is 0.855. The molecule has 0 aliphatic heterocycles. The Hall–Kier alpha value is -7.70. The van der Waals surface area contributed by atoms with Crippen molar-refractivity contribution in [3.8, 4) is 0 Å². The Morgan fingerprint density at radius 3 is 0.640 bits per heavy atom. The molecule has 5 fully saturated rings. The highest BCUT2D eigenvalue weighted by molar-refractivity contribution is 7.87. The molecule has 0 aromatic rings. The van der Waals surface area contributed by atoms with Crippen molar-refractivity contribution in [2.24, 2.45) is 29.6 Å². The highest BCUT2D eigenvalue weighted by Gasteiger charge is 2.74. The Balaban J connectivity index is 0.000000869. The molecule has 1 N–H and O–H groups in total.